The lowest BCUT2D eigenvalue weighted by atomic mass is 10.1. The average molecular weight is 426 g/mol. The molecule has 1 aliphatic rings. The number of amides is 2. The van der Waals surface area contributed by atoms with Gasteiger partial charge in [0.2, 0.25) is 0 Å². The van der Waals surface area contributed by atoms with Crippen molar-refractivity contribution >= 4 is 17.7 Å². The first-order chi connectivity index (χ1) is 14.8. The summed E-state index contributed by atoms with van der Waals surface area (Å²) in [6.45, 7) is 1.62. The van der Waals surface area contributed by atoms with Gasteiger partial charge in [-0.2, -0.15) is 5.10 Å². The molecule has 162 valence electrons. The van der Waals surface area contributed by atoms with Gasteiger partial charge in [-0.1, -0.05) is 0 Å². The highest BCUT2D eigenvalue weighted by Crippen LogP contribution is 2.35. The highest BCUT2D eigenvalue weighted by Gasteiger charge is 2.31. The van der Waals surface area contributed by atoms with E-state index in [-0.39, 0.29) is 24.4 Å². The van der Waals surface area contributed by atoms with Crippen LogP contribution in [0.5, 0.6) is 0 Å². The number of aryl methyl sites for hydroxylation is 3. The largest absolute Gasteiger partial charge is 0.441 e. The van der Waals surface area contributed by atoms with Crippen LogP contribution in [-0.4, -0.2) is 31.3 Å². The molecule has 4 rings (SSSR count). The zero-order chi connectivity index (χ0) is 22.1. The lowest BCUT2D eigenvalue weighted by Gasteiger charge is -2.12. The Morgan fingerprint density at radius 2 is 2.13 bits per heavy atom. The van der Waals surface area contributed by atoms with Gasteiger partial charge in [0.25, 0.3) is 5.91 Å². The number of ether oxygens (including phenoxy) is 1. The van der Waals surface area contributed by atoms with E-state index in [2.05, 4.69) is 20.7 Å². The van der Waals surface area contributed by atoms with Crippen molar-refractivity contribution in [1.82, 2.24) is 24.6 Å². The summed E-state index contributed by atoms with van der Waals surface area (Å²) in [4.78, 5) is 29.1. The number of halogens is 1. The van der Waals surface area contributed by atoms with Gasteiger partial charge in [-0.15, -0.1) is 0 Å². The third-order valence-electron chi connectivity index (χ3n) is 5.28. The van der Waals surface area contributed by atoms with Gasteiger partial charge in [-0.3, -0.25) is 9.48 Å². The number of fused-ring (bicyclic) bond motifs is 1. The van der Waals surface area contributed by atoms with Crippen molar-refractivity contribution in [1.29, 1.82) is 0 Å². The quantitative estimate of drug-likeness (QED) is 0.653. The summed E-state index contributed by atoms with van der Waals surface area (Å²) >= 11 is 0. The monoisotopic (exact) mass is 426 g/mol. The van der Waals surface area contributed by atoms with E-state index in [0.29, 0.717) is 35.6 Å². The number of hydrogen-bond donors (Lipinski definition) is 2. The second-order valence-electron chi connectivity index (χ2n) is 7.59. The number of aromatic nitrogens is 4. The van der Waals surface area contributed by atoms with E-state index in [0.717, 1.165) is 11.1 Å². The van der Waals surface area contributed by atoms with Gasteiger partial charge < -0.3 is 19.9 Å². The number of anilines is 1. The lowest BCUT2D eigenvalue weighted by Crippen LogP contribution is -2.27. The standard InChI is InChI=1S/C21H23FN6O3/c1-12-8-13(4-6-16(12)22)24-20(29)19-14-5-7-17(15(14)9-27(19)2)25-21(30)31-10-18-23-11-28(3)26-18/h4,6,8-9,11,17H,5,7,10H2,1-3H3,(H,24,29)(H,25,30). The van der Waals surface area contributed by atoms with Crippen molar-refractivity contribution in [2.75, 3.05) is 5.32 Å². The summed E-state index contributed by atoms with van der Waals surface area (Å²) < 4.78 is 22.0. The van der Waals surface area contributed by atoms with Gasteiger partial charge in [-0.25, -0.2) is 14.2 Å². The molecule has 0 fully saturated rings. The maximum Gasteiger partial charge on any atom is 0.408 e. The van der Waals surface area contributed by atoms with Crippen molar-refractivity contribution in [3.8, 4) is 0 Å². The highest BCUT2D eigenvalue weighted by atomic mass is 19.1. The number of carbonyl (C=O) groups is 2. The molecule has 0 bridgehead atoms. The minimum absolute atomic E-state index is 0.0220. The Hall–Kier alpha value is -3.69. The molecular formula is C21H23FN6O3. The summed E-state index contributed by atoms with van der Waals surface area (Å²) in [5, 5.41) is 9.73. The fourth-order valence-electron chi connectivity index (χ4n) is 3.83. The zero-order valence-corrected chi connectivity index (χ0v) is 17.5. The molecule has 2 heterocycles. The van der Waals surface area contributed by atoms with Crippen LogP contribution in [0.1, 0.15) is 45.5 Å². The topological polar surface area (TPSA) is 103 Å². The van der Waals surface area contributed by atoms with Crippen LogP contribution in [0, 0.1) is 12.7 Å². The van der Waals surface area contributed by atoms with Gasteiger partial charge in [0.05, 0.1) is 6.04 Å². The van der Waals surface area contributed by atoms with Crippen molar-refractivity contribution in [2.24, 2.45) is 14.1 Å². The maximum atomic E-state index is 13.5. The van der Waals surface area contributed by atoms with Gasteiger partial charge in [0.1, 0.15) is 17.8 Å². The smallest absolute Gasteiger partial charge is 0.408 e. The first-order valence-electron chi connectivity index (χ1n) is 9.85. The molecular weight excluding hydrogens is 403 g/mol. The second kappa shape index (κ2) is 8.21. The molecule has 2 amide bonds. The Kier molecular flexibility index (Phi) is 5.45. The normalized spacial score (nSPS) is 14.9. The van der Waals surface area contributed by atoms with Crippen molar-refractivity contribution in [2.45, 2.75) is 32.4 Å². The summed E-state index contributed by atoms with van der Waals surface area (Å²) in [7, 11) is 3.52. The molecule has 1 atom stereocenters. The number of alkyl carbamates (subject to hydrolysis) is 1. The van der Waals surface area contributed by atoms with Crippen LogP contribution in [0.2, 0.25) is 0 Å². The zero-order valence-electron chi connectivity index (χ0n) is 17.5. The molecule has 31 heavy (non-hydrogen) atoms. The van der Waals surface area contributed by atoms with E-state index < -0.39 is 6.09 Å². The summed E-state index contributed by atoms with van der Waals surface area (Å²) in [6.07, 6.45) is 4.12. The predicted octanol–water partition coefficient (Wildman–Crippen LogP) is 2.77. The molecule has 2 aromatic heterocycles. The Morgan fingerprint density at radius 3 is 2.84 bits per heavy atom. The van der Waals surface area contributed by atoms with Crippen LogP contribution >= 0.6 is 0 Å². The number of nitrogens with one attached hydrogen (secondary N) is 2. The van der Waals surface area contributed by atoms with Crippen LogP contribution in [-0.2, 0) is 31.9 Å². The maximum absolute atomic E-state index is 13.5. The van der Waals surface area contributed by atoms with E-state index in [1.807, 2.05) is 6.20 Å². The summed E-state index contributed by atoms with van der Waals surface area (Å²) in [5.41, 5.74) is 3.27. The Balaban J connectivity index is 1.43. The van der Waals surface area contributed by atoms with Crippen LogP contribution in [0.3, 0.4) is 0 Å². The van der Waals surface area contributed by atoms with Crippen molar-refractivity contribution in [3.63, 3.8) is 0 Å². The molecule has 3 aromatic rings. The van der Waals surface area contributed by atoms with E-state index >= 15 is 0 Å². The molecule has 0 radical (unpaired) electrons. The average Bonchev–Trinajstić information content (AvgIpc) is 3.39. The molecule has 1 aromatic carbocycles. The molecule has 1 aliphatic carbocycles. The number of benzene rings is 1. The van der Waals surface area contributed by atoms with Gasteiger partial charge in [0, 0.05) is 26.0 Å². The van der Waals surface area contributed by atoms with Gasteiger partial charge >= 0.3 is 6.09 Å². The molecule has 0 spiro atoms. The van der Waals surface area contributed by atoms with Gasteiger partial charge in [0.15, 0.2) is 12.4 Å². The fraction of sp³-hybridized carbons (Fsp3) is 0.333. The Bertz CT molecular complexity index is 1150. The lowest BCUT2D eigenvalue weighted by molar-refractivity contribution is 0.101. The number of hydrogen-bond acceptors (Lipinski definition) is 5. The van der Waals surface area contributed by atoms with Crippen LogP contribution in [0.25, 0.3) is 0 Å². The van der Waals surface area contributed by atoms with E-state index in [1.54, 1.807) is 31.7 Å². The number of nitrogens with zero attached hydrogens (tertiary/aromatic N) is 4. The van der Waals surface area contributed by atoms with E-state index in [1.165, 1.54) is 23.1 Å². The molecule has 0 saturated heterocycles. The highest BCUT2D eigenvalue weighted by molar-refractivity contribution is 6.04. The molecule has 0 aliphatic heterocycles. The minimum atomic E-state index is -0.568. The number of carbonyl (C=O) groups excluding carboxylic acids is 2. The summed E-state index contributed by atoms with van der Waals surface area (Å²) in [5.74, 6) is -0.184. The first-order valence-corrected chi connectivity index (χ1v) is 9.85. The third-order valence-corrected chi connectivity index (χ3v) is 5.28. The van der Waals surface area contributed by atoms with Crippen LogP contribution in [0.4, 0.5) is 14.9 Å². The molecule has 10 heteroatoms. The van der Waals surface area contributed by atoms with Gasteiger partial charge in [-0.05, 0) is 54.7 Å². The van der Waals surface area contributed by atoms with Crippen molar-refractivity contribution < 1.29 is 18.7 Å². The third kappa shape index (κ3) is 4.27. The second-order valence-corrected chi connectivity index (χ2v) is 7.59. The predicted molar refractivity (Wildman–Crippen MR) is 110 cm³/mol. The van der Waals surface area contributed by atoms with Crippen LogP contribution in [0.15, 0.2) is 30.7 Å². The number of rotatable bonds is 5. The molecule has 0 saturated carbocycles. The van der Waals surface area contributed by atoms with E-state index in [4.69, 9.17) is 4.74 Å². The fourth-order valence-corrected chi connectivity index (χ4v) is 3.83. The Morgan fingerprint density at radius 1 is 1.32 bits per heavy atom. The molecule has 2 N–H and O–H groups in total. The summed E-state index contributed by atoms with van der Waals surface area (Å²) in [6, 6.07) is 4.19. The SMILES string of the molecule is Cc1cc(NC(=O)c2c3c(cn2C)C(NC(=O)OCc2ncn(C)n2)CC3)ccc1F. The molecule has 9 nitrogen and oxygen atoms in total. The van der Waals surface area contributed by atoms with E-state index in [9.17, 15) is 14.0 Å². The van der Waals surface area contributed by atoms with Crippen LogP contribution < -0.4 is 10.6 Å². The molecule has 1 unspecified atom stereocenters. The Labute approximate surface area is 178 Å². The van der Waals surface area contributed by atoms with Crippen molar-refractivity contribution in [3.05, 3.63) is 64.7 Å². The minimum Gasteiger partial charge on any atom is -0.441 e. The first kappa shape index (κ1) is 20.6.